The van der Waals surface area contributed by atoms with Gasteiger partial charge < -0.3 is 25.9 Å². The van der Waals surface area contributed by atoms with E-state index in [9.17, 15) is 19.5 Å². The molecule has 3 rings (SSSR count). The number of nitrogens with two attached hydrogens (primary N) is 1. The molecule has 2 saturated heterocycles. The zero-order chi connectivity index (χ0) is 17.6. The zero-order valence-electron chi connectivity index (χ0n) is 14.3. The number of aliphatic carboxylic acids is 1. The van der Waals surface area contributed by atoms with Gasteiger partial charge in [-0.3, -0.25) is 9.59 Å². The minimum atomic E-state index is -1.26. The zero-order valence-corrected chi connectivity index (χ0v) is 17.9. The van der Waals surface area contributed by atoms with Crippen molar-refractivity contribution in [2.75, 3.05) is 0 Å². The van der Waals surface area contributed by atoms with E-state index in [2.05, 4.69) is 5.32 Å². The first-order valence-corrected chi connectivity index (χ1v) is 9.27. The topological polar surface area (TPSA) is 116 Å². The minimum absolute atomic E-state index is 0. The predicted molar refractivity (Wildman–Crippen MR) is 88.9 cm³/mol. The third-order valence-electron chi connectivity index (χ3n) is 4.35. The van der Waals surface area contributed by atoms with Gasteiger partial charge in [0.25, 0.3) is 0 Å². The third-order valence-corrected chi connectivity index (χ3v) is 6.91. The maximum absolute atomic E-state index is 12.3. The van der Waals surface area contributed by atoms with Gasteiger partial charge >= 0.3 is 29.6 Å². The number of carboxylic acids is 1. The summed E-state index contributed by atoms with van der Waals surface area (Å²) >= 11 is 2.87. The van der Waals surface area contributed by atoms with Crippen molar-refractivity contribution in [1.29, 1.82) is 0 Å². The molecule has 0 aliphatic carbocycles. The Balaban J connectivity index is 0.00000225. The summed E-state index contributed by atoms with van der Waals surface area (Å²) in [6.07, 6.45) is 0.157. The minimum Gasteiger partial charge on any atom is -0.548 e. The van der Waals surface area contributed by atoms with Gasteiger partial charge in [0.1, 0.15) is 11.4 Å². The molecule has 130 valence electrons. The smallest absolute Gasteiger partial charge is 0.548 e. The number of nitrogens with zero attached hydrogens (tertiary/aromatic N) is 1. The maximum atomic E-state index is 12.3. The van der Waals surface area contributed by atoms with Crippen LogP contribution in [0.15, 0.2) is 11.4 Å². The van der Waals surface area contributed by atoms with Crippen LogP contribution in [-0.2, 0) is 27.3 Å². The first-order chi connectivity index (χ1) is 11.3. The Hall–Kier alpha value is -0.580. The molecule has 2 aliphatic heterocycles. The molecule has 3 atom stereocenters. The van der Waals surface area contributed by atoms with E-state index in [4.69, 9.17) is 5.73 Å². The molecule has 1 aromatic heterocycles. The van der Waals surface area contributed by atoms with Crippen LogP contribution >= 0.6 is 23.1 Å². The maximum Gasteiger partial charge on any atom is 1.00 e. The molecule has 0 aromatic carbocycles. The molecule has 3 N–H and O–H groups in total. The van der Waals surface area contributed by atoms with E-state index in [1.807, 2.05) is 11.4 Å². The normalized spacial score (nSPS) is 26.4. The van der Waals surface area contributed by atoms with E-state index in [-0.39, 0.29) is 53.2 Å². The Morgan fingerprint density at radius 2 is 2.12 bits per heavy atom. The van der Waals surface area contributed by atoms with Gasteiger partial charge in [-0.15, -0.1) is 23.1 Å². The van der Waals surface area contributed by atoms with Crippen molar-refractivity contribution in [2.45, 2.75) is 49.0 Å². The molecular formula is C15H18N3NaO4S2. The molecule has 0 radical (unpaired) electrons. The van der Waals surface area contributed by atoms with E-state index >= 15 is 0 Å². The summed E-state index contributed by atoms with van der Waals surface area (Å²) in [5.41, 5.74) is 6.49. The van der Waals surface area contributed by atoms with E-state index < -0.39 is 22.8 Å². The molecule has 2 aliphatic rings. The van der Waals surface area contributed by atoms with Gasteiger partial charge in [-0.1, -0.05) is 0 Å². The number of carbonyl (C=O) groups is 3. The summed E-state index contributed by atoms with van der Waals surface area (Å²) in [6, 6.07) is 0.181. The Morgan fingerprint density at radius 1 is 1.44 bits per heavy atom. The van der Waals surface area contributed by atoms with Gasteiger partial charge in [-0.25, -0.2) is 0 Å². The van der Waals surface area contributed by atoms with Crippen LogP contribution in [0.25, 0.3) is 0 Å². The molecule has 1 aromatic rings. The van der Waals surface area contributed by atoms with Crippen molar-refractivity contribution in [3.63, 3.8) is 0 Å². The van der Waals surface area contributed by atoms with Crippen molar-refractivity contribution in [2.24, 2.45) is 5.73 Å². The third kappa shape index (κ3) is 3.63. The predicted octanol–water partition coefficient (Wildman–Crippen LogP) is -3.95. The fraction of sp³-hybridized carbons (Fsp3) is 0.533. The van der Waals surface area contributed by atoms with E-state index in [1.165, 1.54) is 28.0 Å². The summed E-state index contributed by atoms with van der Waals surface area (Å²) in [4.78, 5) is 38.1. The average Bonchev–Trinajstić information content (AvgIpc) is 3.04. The second kappa shape index (κ2) is 7.58. The number of nitrogens with one attached hydrogen (secondary N) is 1. The van der Waals surface area contributed by atoms with Crippen LogP contribution in [0.3, 0.4) is 0 Å². The number of β-lactam (4-membered cyclic amide) rings is 1. The molecule has 10 heteroatoms. The van der Waals surface area contributed by atoms with Crippen molar-refractivity contribution in [3.8, 4) is 0 Å². The van der Waals surface area contributed by atoms with Crippen LogP contribution in [0.2, 0.25) is 0 Å². The number of amides is 2. The SMILES string of the molecule is CC1(C)S[C@@H]2[C@H](NC(=O)Cc3ccsc3CN)C(=O)N2[C@H]1C(=O)[O-].[Na+]. The number of thioether (sulfide) groups is 1. The quantitative estimate of drug-likeness (QED) is 0.391. The number of hydrogen-bond acceptors (Lipinski definition) is 7. The number of carboxylic acid groups (broad SMARTS) is 1. The van der Waals surface area contributed by atoms with E-state index in [1.54, 1.807) is 13.8 Å². The Labute approximate surface area is 176 Å². The standard InChI is InChI=1S/C15H19N3O4S2.Na/c1-15(2)11(14(21)22)18-12(20)10(13(18)24-15)17-9(19)5-7-3-4-23-8(7)6-16;/h3-4,10-11,13H,5-6,16H2,1-2H3,(H,17,19)(H,21,22);/q;+1/p-1/t10-,11+,13-;/m1./s1. The molecule has 7 nitrogen and oxygen atoms in total. The van der Waals surface area contributed by atoms with Crippen LogP contribution in [0, 0.1) is 0 Å². The molecule has 0 spiro atoms. The largest absolute Gasteiger partial charge is 1.00 e. The van der Waals surface area contributed by atoms with Crippen LogP contribution in [0.1, 0.15) is 24.3 Å². The monoisotopic (exact) mass is 391 g/mol. The fourth-order valence-electron chi connectivity index (χ4n) is 3.23. The number of rotatable bonds is 5. The molecule has 2 amide bonds. The first-order valence-electron chi connectivity index (χ1n) is 7.52. The van der Waals surface area contributed by atoms with Crippen molar-refractivity contribution >= 4 is 40.9 Å². The van der Waals surface area contributed by atoms with Gasteiger partial charge in [-0.2, -0.15) is 0 Å². The van der Waals surface area contributed by atoms with Crippen LogP contribution in [-0.4, -0.2) is 44.9 Å². The number of carbonyl (C=O) groups excluding carboxylic acids is 3. The first kappa shape index (κ1) is 20.7. The summed E-state index contributed by atoms with van der Waals surface area (Å²) in [6.45, 7) is 3.90. The summed E-state index contributed by atoms with van der Waals surface area (Å²) in [7, 11) is 0. The number of fused-ring (bicyclic) bond motifs is 1. The van der Waals surface area contributed by atoms with Gasteiger partial charge in [0, 0.05) is 16.2 Å². The summed E-state index contributed by atoms with van der Waals surface area (Å²) < 4.78 is -0.654. The molecule has 2 fully saturated rings. The van der Waals surface area contributed by atoms with Gasteiger partial charge in [0.15, 0.2) is 0 Å². The van der Waals surface area contributed by atoms with Crippen molar-refractivity contribution in [3.05, 3.63) is 21.9 Å². The molecular weight excluding hydrogens is 373 g/mol. The number of thiophene rings is 1. The average molecular weight is 391 g/mol. The second-order valence-electron chi connectivity index (χ2n) is 6.37. The van der Waals surface area contributed by atoms with Crippen molar-refractivity contribution < 1.29 is 49.0 Å². The summed E-state index contributed by atoms with van der Waals surface area (Å²) in [5, 5.41) is 15.6. The van der Waals surface area contributed by atoms with Crippen LogP contribution < -0.4 is 45.7 Å². The van der Waals surface area contributed by atoms with Crippen LogP contribution in [0.5, 0.6) is 0 Å². The van der Waals surface area contributed by atoms with Gasteiger partial charge in [0.05, 0.1) is 18.4 Å². The van der Waals surface area contributed by atoms with Crippen molar-refractivity contribution in [1.82, 2.24) is 10.2 Å². The van der Waals surface area contributed by atoms with E-state index in [0.29, 0.717) is 6.54 Å². The molecule has 25 heavy (non-hydrogen) atoms. The Morgan fingerprint density at radius 3 is 2.72 bits per heavy atom. The number of hydrogen-bond donors (Lipinski definition) is 2. The molecule has 3 heterocycles. The molecule has 0 unspecified atom stereocenters. The second-order valence-corrected chi connectivity index (χ2v) is 9.15. The van der Waals surface area contributed by atoms with Gasteiger partial charge in [0.2, 0.25) is 11.8 Å². The Bertz CT molecular complexity index is 709. The van der Waals surface area contributed by atoms with Crippen LogP contribution in [0.4, 0.5) is 0 Å². The fourth-order valence-corrected chi connectivity index (χ4v) is 5.63. The van der Waals surface area contributed by atoms with E-state index in [0.717, 1.165) is 10.4 Å². The summed E-state index contributed by atoms with van der Waals surface area (Å²) in [5.74, 6) is -1.90. The molecule has 0 bridgehead atoms. The molecule has 0 saturated carbocycles. The Kier molecular flexibility index (Phi) is 6.28. The van der Waals surface area contributed by atoms with Gasteiger partial charge in [-0.05, 0) is 30.9 Å².